The van der Waals surface area contributed by atoms with Gasteiger partial charge in [-0.15, -0.1) is 0 Å². The highest BCUT2D eigenvalue weighted by molar-refractivity contribution is 6.32. The molecule has 0 spiro atoms. The van der Waals surface area contributed by atoms with Crippen LogP contribution in [-0.2, 0) is 13.2 Å². The number of anilines is 1. The standard InChI is InChI=1S/C26H29ClN4O2/c1-19-4-3-5-23(28-19)18-33-25-11-10-22(16-24(25)27)29-26(32)21-8-6-20(7-9-21)17-31-14-12-30(2)13-15-31/h3-11,16H,12-15,17-18H2,1-2H3,(H,29,32). The molecule has 0 saturated carbocycles. The number of aromatic nitrogens is 1. The maximum absolute atomic E-state index is 12.7. The molecule has 172 valence electrons. The average molecular weight is 465 g/mol. The third-order valence-corrected chi connectivity index (χ3v) is 6.02. The van der Waals surface area contributed by atoms with Gasteiger partial charge in [-0.05, 0) is 62.0 Å². The van der Waals surface area contributed by atoms with Gasteiger partial charge in [0, 0.05) is 49.7 Å². The molecule has 3 aromatic rings. The van der Waals surface area contributed by atoms with Crippen LogP contribution in [0.5, 0.6) is 5.75 Å². The van der Waals surface area contributed by atoms with E-state index in [1.165, 1.54) is 5.56 Å². The molecule has 0 atom stereocenters. The van der Waals surface area contributed by atoms with E-state index in [4.69, 9.17) is 16.3 Å². The summed E-state index contributed by atoms with van der Waals surface area (Å²) >= 11 is 6.37. The number of likely N-dealkylation sites (N-methyl/N-ethyl adjacent to an activating group) is 1. The number of pyridine rings is 1. The topological polar surface area (TPSA) is 57.7 Å². The van der Waals surface area contributed by atoms with Crippen molar-refractivity contribution in [2.45, 2.75) is 20.1 Å². The number of amides is 1. The molecule has 0 radical (unpaired) electrons. The zero-order valence-corrected chi connectivity index (χ0v) is 19.8. The van der Waals surface area contributed by atoms with E-state index >= 15 is 0 Å². The Morgan fingerprint density at radius 2 is 1.82 bits per heavy atom. The highest BCUT2D eigenvalue weighted by Crippen LogP contribution is 2.28. The second-order valence-corrected chi connectivity index (χ2v) is 8.84. The summed E-state index contributed by atoms with van der Waals surface area (Å²) in [5, 5.41) is 3.34. The van der Waals surface area contributed by atoms with Crippen molar-refractivity contribution >= 4 is 23.2 Å². The Labute approximate surface area is 200 Å². The Bertz CT molecular complexity index is 1100. The van der Waals surface area contributed by atoms with Gasteiger partial charge in [0.15, 0.2) is 0 Å². The summed E-state index contributed by atoms with van der Waals surface area (Å²) in [5.74, 6) is 0.376. The molecular formula is C26H29ClN4O2. The van der Waals surface area contributed by atoms with E-state index in [0.717, 1.165) is 44.1 Å². The molecule has 1 amide bonds. The maximum atomic E-state index is 12.7. The molecule has 1 aromatic heterocycles. The first-order valence-corrected chi connectivity index (χ1v) is 11.5. The minimum Gasteiger partial charge on any atom is -0.486 e. The van der Waals surface area contributed by atoms with Crippen molar-refractivity contribution in [2.75, 3.05) is 38.5 Å². The number of ether oxygens (including phenoxy) is 1. The average Bonchev–Trinajstić information content (AvgIpc) is 2.80. The second-order valence-electron chi connectivity index (χ2n) is 8.43. The van der Waals surface area contributed by atoms with Crippen molar-refractivity contribution in [1.29, 1.82) is 0 Å². The fourth-order valence-electron chi connectivity index (χ4n) is 3.76. The molecular weight excluding hydrogens is 436 g/mol. The van der Waals surface area contributed by atoms with E-state index in [1.807, 2.05) is 49.4 Å². The highest BCUT2D eigenvalue weighted by Gasteiger charge is 2.14. The summed E-state index contributed by atoms with van der Waals surface area (Å²) in [6.07, 6.45) is 0. The number of hydrogen-bond acceptors (Lipinski definition) is 5. The molecule has 1 N–H and O–H groups in total. The van der Waals surface area contributed by atoms with E-state index < -0.39 is 0 Å². The number of benzene rings is 2. The van der Waals surface area contributed by atoms with Crippen LogP contribution in [0.2, 0.25) is 5.02 Å². The first kappa shape index (κ1) is 23.2. The molecule has 2 aromatic carbocycles. The number of carbonyl (C=O) groups is 1. The van der Waals surface area contributed by atoms with Crippen LogP contribution >= 0.6 is 11.6 Å². The van der Waals surface area contributed by atoms with Crippen molar-refractivity contribution in [3.8, 4) is 5.75 Å². The summed E-state index contributed by atoms with van der Waals surface area (Å²) in [7, 11) is 2.15. The number of hydrogen-bond donors (Lipinski definition) is 1. The van der Waals surface area contributed by atoms with Gasteiger partial charge in [-0.1, -0.05) is 29.8 Å². The summed E-state index contributed by atoms with van der Waals surface area (Å²) in [6.45, 7) is 7.50. The third kappa shape index (κ3) is 6.54. The number of carbonyl (C=O) groups excluding carboxylic acids is 1. The van der Waals surface area contributed by atoms with Gasteiger partial charge in [0.25, 0.3) is 5.91 Å². The number of aryl methyl sites for hydroxylation is 1. The van der Waals surface area contributed by atoms with E-state index in [-0.39, 0.29) is 5.91 Å². The number of rotatable bonds is 7. The normalized spacial score (nSPS) is 14.8. The van der Waals surface area contributed by atoms with Gasteiger partial charge in [0.2, 0.25) is 0 Å². The Hall–Kier alpha value is -2.93. The van der Waals surface area contributed by atoms with Gasteiger partial charge >= 0.3 is 0 Å². The molecule has 0 unspecified atom stereocenters. The zero-order valence-electron chi connectivity index (χ0n) is 19.1. The molecule has 33 heavy (non-hydrogen) atoms. The Balaban J connectivity index is 1.31. The van der Waals surface area contributed by atoms with Gasteiger partial charge in [0.05, 0.1) is 10.7 Å². The van der Waals surface area contributed by atoms with Crippen molar-refractivity contribution in [2.24, 2.45) is 0 Å². The molecule has 2 heterocycles. The van der Waals surface area contributed by atoms with Gasteiger partial charge < -0.3 is 15.0 Å². The lowest BCUT2D eigenvalue weighted by Crippen LogP contribution is -2.43. The molecule has 1 fully saturated rings. The van der Waals surface area contributed by atoms with Gasteiger partial charge in [-0.2, -0.15) is 0 Å². The summed E-state index contributed by atoms with van der Waals surface area (Å²) < 4.78 is 5.79. The Morgan fingerprint density at radius 3 is 2.52 bits per heavy atom. The van der Waals surface area contributed by atoms with Crippen LogP contribution in [0.4, 0.5) is 5.69 Å². The lowest BCUT2D eigenvalue weighted by molar-refractivity contribution is 0.102. The SMILES string of the molecule is Cc1cccc(COc2ccc(NC(=O)c3ccc(CN4CCN(C)CC4)cc3)cc2Cl)n1. The summed E-state index contributed by atoms with van der Waals surface area (Å²) in [4.78, 5) is 21.9. The molecule has 0 bridgehead atoms. The molecule has 1 saturated heterocycles. The van der Waals surface area contributed by atoms with Crippen LogP contribution in [0.3, 0.4) is 0 Å². The first-order chi connectivity index (χ1) is 16.0. The Kier molecular flexibility index (Phi) is 7.60. The minimum atomic E-state index is -0.171. The van der Waals surface area contributed by atoms with Crippen molar-refractivity contribution < 1.29 is 9.53 Å². The van der Waals surface area contributed by atoms with Gasteiger partial charge in [0.1, 0.15) is 12.4 Å². The number of halogens is 1. The highest BCUT2D eigenvalue weighted by atomic mass is 35.5. The number of nitrogens with zero attached hydrogens (tertiary/aromatic N) is 3. The predicted molar refractivity (Wildman–Crippen MR) is 132 cm³/mol. The van der Waals surface area contributed by atoms with Crippen LogP contribution < -0.4 is 10.1 Å². The van der Waals surface area contributed by atoms with Crippen LogP contribution in [0.1, 0.15) is 27.3 Å². The molecule has 6 nitrogen and oxygen atoms in total. The molecule has 4 rings (SSSR count). The smallest absolute Gasteiger partial charge is 0.255 e. The van der Waals surface area contributed by atoms with E-state index in [9.17, 15) is 4.79 Å². The predicted octanol–water partition coefficient (Wildman–Crippen LogP) is 4.62. The van der Waals surface area contributed by atoms with Crippen LogP contribution in [0, 0.1) is 6.92 Å². The monoisotopic (exact) mass is 464 g/mol. The third-order valence-electron chi connectivity index (χ3n) is 5.73. The van der Waals surface area contributed by atoms with Crippen LogP contribution in [0.15, 0.2) is 60.7 Å². The minimum absolute atomic E-state index is 0.171. The van der Waals surface area contributed by atoms with Crippen molar-refractivity contribution in [3.63, 3.8) is 0 Å². The van der Waals surface area contributed by atoms with Crippen LogP contribution in [-0.4, -0.2) is 53.9 Å². The fourth-order valence-corrected chi connectivity index (χ4v) is 3.99. The fraction of sp³-hybridized carbons (Fsp3) is 0.308. The largest absolute Gasteiger partial charge is 0.486 e. The number of piperazine rings is 1. The van der Waals surface area contributed by atoms with Crippen LogP contribution in [0.25, 0.3) is 0 Å². The summed E-state index contributed by atoms with van der Waals surface area (Å²) in [6, 6.07) is 18.8. The van der Waals surface area contributed by atoms with Crippen molar-refractivity contribution in [3.05, 3.63) is 88.2 Å². The van der Waals surface area contributed by atoms with Gasteiger partial charge in [-0.25, -0.2) is 0 Å². The lowest BCUT2D eigenvalue weighted by Gasteiger charge is -2.32. The van der Waals surface area contributed by atoms with E-state index in [2.05, 4.69) is 27.1 Å². The van der Waals surface area contributed by atoms with Gasteiger partial charge in [-0.3, -0.25) is 14.7 Å². The lowest BCUT2D eigenvalue weighted by atomic mass is 10.1. The number of nitrogens with one attached hydrogen (secondary N) is 1. The molecule has 1 aliphatic rings. The molecule has 7 heteroatoms. The van der Waals surface area contributed by atoms with Crippen molar-refractivity contribution in [1.82, 2.24) is 14.8 Å². The van der Waals surface area contributed by atoms with E-state index in [1.54, 1.807) is 18.2 Å². The quantitative estimate of drug-likeness (QED) is 0.552. The molecule has 1 aliphatic heterocycles. The second kappa shape index (κ2) is 10.8. The van der Waals surface area contributed by atoms with E-state index in [0.29, 0.717) is 28.6 Å². The summed E-state index contributed by atoms with van der Waals surface area (Å²) in [5.41, 5.74) is 4.21. The maximum Gasteiger partial charge on any atom is 0.255 e. The zero-order chi connectivity index (χ0) is 23.2. The Morgan fingerprint density at radius 1 is 1.06 bits per heavy atom. The molecule has 0 aliphatic carbocycles. The first-order valence-electron chi connectivity index (χ1n) is 11.1.